The molecule has 1 aromatic carbocycles. The quantitative estimate of drug-likeness (QED) is 0.669. The van der Waals surface area contributed by atoms with E-state index in [0.717, 1.165) is 31.2 Å². The van der Waals surface area contributed by atoms with Crippen molar-refractivity contribution in [1.29, 1.82) is 0 Å². The summed E-state index contributed by atoms with van der Waals surface area (Å²) in [5, 5.41) is 5.43. The van der Waals surface area contributed by atoms with E-state index in [9.17, 15) is 18.0 Å². The molecule has 1 saturated heterocycles. The van der Waals surface area contributed by atoms with Crippen LogP contribution < -0.4 is 16.4 Å². The van der Waals surface area contributed by atoms with Crippen molar-refractivity contribution >= 4 is 27.5 Å². The van der Waals surface area contributed by atoms with Gasteiger partial charge in [0.15, 0.2) is 9.84 Å². The second-order valence-electron chi connectivity index (χ2n) is 6.67. The van der Waals surface area contributed by atoms with E-state index >= 15 is 0 Å². The van der Waals surface area contributed by atoms with Gasteiger partial charge in [-0.3, -0.25) is 4.79 Å². The van der Waals surface area contributed by atoms with Gasteiger partial charge in [-0.05, 0) is 44.0 Å². The van der Waals surface area contributed by atoms with Crippen LogP contribution in [0, 0.1) is 12.8 Å². The van der Waals surface area contributed by atoms with Crippen LogP contribution in [0.3, 0.4) is 0 Å². The molecule has 144 valence electrons. The fourth-order valence-electron chi connectivity index (χ4n) is 2.95. The van der Waals surface area contributed by atoms with Gasteiger partial charge in [0.2, 0.25) is 5.91 Å². The van der Waals surface area contributed by atoms with Gasteiger partial charge in [-0.2, -0.15) is 0 Å². The van der Waals surface area contributed by atoms with Crippen LogP contribution in [0.4, 0.5) is 10.5 Å². The second kappa shape index (κ2) is 8.50. The zero-order valence-electron chi connectivity index (χ0n) is 15.1. The molecule has 1 aliphatic heterocycles. The van der Waals surface area contributed by atoms with Gasteiger partial charge in [0, 0.05) is 31.6 Å². The number of urea groups is 1. The molecule has 8 nitrogen and oxygen atoms in total. The minimum Gasteiger partial charge on any atom is -0.369 e. The number of carbonyl (C=O) groups excluding carboxylic acids is 2. The number of carbonyl (C=O) groups is 2. The van der Waals surface area contributed by atoms with Crippen molar-refractivity contribution in [2.24, 2.45) is 11.7 Å². The molecule has 1 aromatic rings. The summed E-state index contributed by atoms with van der Waals surface area (Å²) >= 11 is 0. The molecular weight excluding hydrogens is 356 g/mol. The highest BCUT2D eigenvalue weighted by atomic mass is 32.2. The van der Waals surface area contributed by atoms with Crippen LogP contribution in [0.15, 0.2) is 23.1 Å². The highest BCUT2D eigenvalue weighted by Gasteiger charge is 2.23. The number of nitrogens with one attached hydrogen (secondary N) is 2. The van der Waals surface area contributed by atoms with Crippen molar-refractivity contribution in [3.05, 3.63) is 23.8 Å². The predicted molar refractivity (Wildman–Crippen MR) is 99.7 cm³/mol. The number of anilines is 1. The normalized spacial score (nSPS) is 18.3. The third-order valence-electron chi connectivity index (χ3n) is 4.51. The molecule has 9 heteroatoms. The van der Waals surface area contributed by atoms with Crippen molar-refractivity contribution in [1.82, 2.24) is 10.2 Å². The summed E-state index contributed by atoms with van der Waals surface area (Å²) in [4.78, 5) is 25.6. The van der Waals surface area contributed by atoms with Gasteiger partial charge in [-0.15, -0.1) is 0 Å². The predicted octanol–water partition coefficient (Wildman–Crippen LogP) is 0.717. The number of aryl methyl sites for hydroxylation is 1. The lowest BCUT2D eigenvalue weighted by Crippen LogP contribution is -2.44. The second-order valence-corrected chi connectivity index (χ2v) is 8.69. The van der Waals surface area contributed by atoms with E-state index in [1.165, 1.54) is 12.1 Å². The maximum atomic E-state index is 12.1. The third-order valence-corrected chi connectivity index (χ3v) is 5.62. The van der Waals surface area contributed by atoms with E-state index in [0.29, 0.717) is 25.3 Å². The highest BCUT2D eigenvalue weighted by molar-refractivity contribution is 7.90. The largest absolute Gasteiger partial charge is 0.369 e. The Hall–Kier alpha value is -2.13. The molecule has 1 fully saturated rings. The van der Waals surface area contributed by atoms with E-state index in [4.69, 9.17) is 5.73 Å². The molecule has 0 saturated carbocycles. The molecule has 0 spiro atoms. The minimum atomic E-state index is -3.34. The molecule has 2 rings (SSSR count). The lowest BCUT2D eigenvalue weighted by atomic mass is 9.97. The summed E-state index contributed by atoms with van der Waals surface area (Å²) in [6.07, 6.45) is 2.85. The van der Waals surface area contributed by atoms with Crippen LogP contribution in [0.5, 0.6) is 0 Å². The molecule has 1 heterocycles. The van der Waals surface area contributed by atoms with Gasteiger partial charge in [-0.25, -0.2) is 13.2 Å². The Kier molecular flexibility index (Phi) is 6.60. The number of sulfone groups is 1. The first kappa shape index (κ1) is 20.2. The highest BCUT2D eigenvalue weighted by Crippen LogP contribution is 2.20. The Morgan fingerprint density at radius 3 is 2.73 bits per heavy atom. The van der Waals surface area contributed by atoms with E-state index in [-0.39, 0.29) is 16.7 Å². The Morgan fingerprint density at radius 1 is 1.35 bits per heavy atom. The van der Waals surface area contributed by atoms with Crippen molar-refractivity contribution < 1.29 is 18.0 Å². The van der Waals surface area contributed by atoms with Crippen LogP contribution in [0.25, 0.3) is 0 Å². The summed E-state index contributed by atoms with van der Waals surface area (Å²) in [6, 6.07) is 4.22. The average molecular weight is 382 g/mol. The number of hydrogen-bond donors (Lipinski definition) is 3. The first-order valence-electron chi connectivity index (χ1n) is 8.54. The number of primary amides is 1. The number of nitrogens with zero attached hydrogens (tertiary/aromatic N) is 1. The Labute approximate surface area is 154 Å². The first-order valence-corrected chi connectivity index (χ1v) is 10.4. The van der Waals surface area contributed by atoms with E-state index in [1.54, 1.807) is 13.0 Å². The minimum absolute atomic E-state index is 0.126. The van der Waals surface area contributed by atoms with Gasteiger partial charge in [-0.1, -0.05) is 6.07 Å². The van der Waals surface area contributed by atoms with Crippen LogP contribution in [-0.4, -0.2) is 57.7 Å². The molecule has 26 heavy (non-hydrogen) atoms. The zero-order chi connectivity index (χ0) is 19.3. The first-order chi connectivity index (χ1) is 12.2. The fourth-order valence-corrected chi connectivity index (χ4v) is 3.60. The Balaban J connectivity index is 1.85. The van der Waals surface area contributed by atoms with Crippen molar-refractivity contribution in [2.75, 3.05) is 37.8 Å². The molecule has 0 unspecified atom stereocenters. The summed E-state index contributed by atoms with van der Waals surface area (Å²) in [5.74, 6) is -0.402. The number of likely N-dealkylation sites (tertiary alicyclic amines) is 1. The van der Waals surface area contributed by atoms with E-state index in [2.05, 4.69) is 15.5 Å². The maximum absolute atomic E-state index is 12.1. The summed E-state index contributed by atoms with van der Waals surface area (Å²) in [5.41, 5.74) is 6.59. The number of hydrogen-bond acceptors (Lipinski definition) is 5. The molecule has 3 amide bonds. The van der Waals surface area contributed by atoms with Crippen LogP contribution in [0.1, 0.15) is 18.4 Å². The zero-order valence-corrected chi connectivity index (χ0v) is 15.9. The lowest BCUT2D eigenvalue weighted by molar-refractivity contribution is -0.123. The van der Waals surface area contributed by atoms with Crippen molar-refractivity contribution in [3.8, 4) is 0 Å². The number of nitrogens with two attached hydrogens (primary N) is 1. The van der Waals surface area contributed by atoms with Gasteiger partial charge in [0.1, 0.15) is 0 Å². The van der Waals surface area contributed by atoms with E-state index in [1.807, 2.05) is 0 Å². The average Bonchev–Trinajstić information content (AvgIpc) is 2.56. The fraction of sp³-hybridized carbons (Fsp3) is 0.529. The number of piperidine rings is 1. The number of benzene rings is 1. The molecule has 1 aliphatic rings. The number of amides is 3. The molecule has 0 radical (unpaired) electrons. The summed E-state index contributed by atoms with van der Waals surface area (Å²) in [6.45, 7) is 4.33. The molecule has 0 aromatic heterocycles. The van der Waals surface area contributed by atoms with Gasteiger partial charge >= 0.3 is 6.03 Å². The molecule has 0 bridgehead atoms. The van der Waals surface area contributed by atoms with Crippen molar-refractivity contribution in [2.45, 2.75) is 24.7 Å². The molecule has 0 aliphatic carbocycles. The summed E-state index contributed by atoms with van der Waals surface area (Å²) < 4.78 is 23.3. The van der Waals surface area contributed by atoms with Gasteiger partial charge in [0.05, 0.1) is 10.8 Å². The molecule has 1 atom stereocenters. The number of rotatable bonds is 6. The topological polar surface area (TPSA) is 122 Å². The Bertz CT molecular complexity index is 779. The maximum Gasteiger partial charge on any atom is 0.319 e. The van der Waals surface area contributed by atoms with Gasteiger partial charge < -0.3 is 21.3 Å². The monoisotopic (exact) mass is 382 g/mol. The SMILES string of the molecule is Cc1ccc(S(C)(=O)=O)cc1NC(=O)NCCN1CCC[C@H](C(N)=O)C1. The molecule has 4 N–H and O–H groups in total. The van der Waals surface area contributed by atoms with Crippen molar-refractivity contribution in [3.63, 3.8) is 0 Å². The van der Waals surface area contributed by atoms with E-state index < -0.39 is 15.9 Å². The van der Waals surface area contributed by atoms with Crippen LogP contribution in [0.2, 0.25) is 0 Å². The standard InChI is InChI=1S/C17H26N4O4S/c1-12-5-6-14(26(2,24)25)10-15(12)20-17(23)19-7-9-21-8-3-4-13(11-21)16(18)22/h5-6,10,13H,3-4,7-9,11H2,1-2H3,(H2,18,22)(H2,19,20,23)/t13-/m0/s1. The Morgan fingerprint density at radius 2 is 2.08 bits per heavy atom. The third kappa shape index (κ3) is 5.70. The summed E-state index contributed by atoms with van der Waals surface area (Å²) in [7, 11) is -3.34. The lowest BCUT2D eigenvalue weighted by Gasteiger charge is -2.31. The smallest absolute Gasteiger partial charge is 0.319 e. The molecular formula is C17H26N4O4S. The van der Waals surface area contributed by atoms with Crippen LogP contribution >= 0.6 is 0 Å². The van der Waals surface area contributed by atoms with Crippen LogP contribution in [-0.2, 0) is 14.6 Å². The van der Waals surface area contributed by atoms with Gasteiger partial charge in [0.25, 0.3) is 0 Å².